The summed E-state index contributed by atoms with van der Waals surface area (Å²) in [6.07, 6.45) is 3.35. The van der Waals surface area contributed by atoms with Gasteiger partial charge in [-0.2, -0.15) is 0 Å². The van der Waals surface area contributed by atoms with Gasteiger partial charge in [-0.15, -0.1) is 0 Å². The molecule has 1 aromatic carbocycles. The van der Waals surface area contributed by atoms with Gasteiger partial charge < -0.3 is 14.6 Å². The fourth-order valence-corrected chi connectivity index (χ4v) is 2.85. The molecule has 1 atom stereocenters. The zero-order chi connectivity index (χ0) is 18.1. The highest BCUT2D eigenvalue weighted by molar-refractivity contribution is 5.91. The van der Waals surface area contributed by atoms with Gasteiger partial charge in [-0.05, 0) is 37.3 Å². The second-order valence-corrected chi connectivity index (χ2v) is 6.02. The summed E-state index contributed by atoms with van der Waals surface area (Å²) in [4.78, 5) is 23.4. The minimum Gasteiger partial charge on any atom is -0.478 e. The molecule has 0 aliphatic carbocycles. The van der Waals surface area contributed by atoms with Crippen LogP contribution in [-0.4, -0.2) is 23.8 Å². The molecular formula is C19H28O5. The molecule has 0 aromatic heterocycles. The van der Waals surface area contributed by atoms with Gasteiger partial charge in [0.2, 0.25) is 0 Å². The van der Waals surface area contributed by atoms with Crippen molar-refractivity contribution < 1.29 is 24.2 Å². The maximum atomic E-state index is 11.8. The first-order valence-electron chi connectivity index (χ1n) is 8.67. The molecule has 134 valence electrons. The van der Waals surface area contributed by atoms with Crippen LogP contribution in [0.1, 0.15) is 68.4 Å². The number of carboxylic acids is 1. The van der Waals surface area contributed by atoms with Crippen molar-refractivity contribution in [1.29, 1.82) is 0 Å². The summed E-state index contributed by atoms with van der Waals surface area (Å²) in [5, 5.41) is 9.52. The van der Waals surface area contributed by atoms with E-state index in [-0.39, 0.29) is 12.2 Å². The quantitative estimate of drug-likeness (QED) is 0.515. The van der Waals surface area contributed by atoms with E-state index in [1.807, 2.05) is 6.92 Å². The smallest absolute Gasteiger partial charge is 0.478 e. The molecule has 0 saturated carbocycles. The van der Waals surface area contributed by atoms with E-state index < -0.39 is 12.1 Å². The molecule has 24 heavy (non-hydrogen) atoms. The zero-order valence-corrected chi connectivity index (χ0v) is 15.1. The Morgan fingerprint density at radius 3 is 2.42 bits per heavy atom. The van der Waals surface area contributed by atoms with Crippen LogP contribution in [0.3, 0.4) is 0 Å². The molecule has 0 spiro atoms. The highest BCUT2D eigenvalue weighted by Crippen LogP contribution is 2.32. The summed E-state index contributed by atoms with van der Waals surface area (Å²) in [5.41, 5.74) is 1.62. The molecule has 0 bridgehead atoms. The Kier molecular flexibility index (Phi) is 8.30. The van der Waals surface area contributed by atoms with Crippen LogP contribution < -0.4 is 4.74 Å². The average molecular weight is 336 g/mol. The summed E-state index contributed by atoms with van der Waals surface area (Å²) in [5.74, 6) is -0.349. The largest absolute Gasteiger partial charge is 0.513 e. The van der Waals surface area contributed by atoms with Gasteiger partial charge in [-0.25, -0.2) is 9.59 Å². The molecule has 5 heteroatoms. The number of carbonyl (C=O) groups is 2. The first-order valence-corrected chi connectivity index (χ1v) is 8.67. The van der Waals surface area contributed by atoms with Crippen molar-refractivity contribution in [2.75, 3.05) is 6.61 Å². The van der Waals surface area contributed by atoms with Crippen molar-refractivity contribution in [3.8, 4) is 5.75 Å². The molecule has 0 fully saturated rings. The highest BCUT2D eigenvalue weighted by atomic mass is 16.7. The van der Waals surface area contributed by atoms with Crippen molar-refractivity contribution in [3.63, 3.8) is 0 Å². The van der Waals surface area contributed by atoms with E-state index in [9.17, 15) is 14.7 Å². The lowest BCUT2D eigenvalue weighted by molar-refractivity contribution is 0.0693. The van der Waals surface area contributed by atoms with Crippen LogP contribution in [0.5, 0.6) is 5.75 Å². The zero-order valence-electron chi connectivity index (χ0n) is 15.1. The minimum atomic E-state index is -1.01. The van der Waals surface area contributed by atoms with E-state index in [0.29, 0.717) is 30.1 Å². The third-order valence-corrected chi connectivity index (χ3v) is 3.87. The van der Waals surface area contributed by atoms with E-state index in [1.54, 1.807) is 19.1 Å². The second kappa shape index (κ2) is 9.96. The predicted octanol–water partition coefficient (Wildman–Crippen LogP) is 4.85. The third kappa shape index (κ3) is 5.55. The van der Waals surface area contributed by atoms with Crippen LogP contribution in [0, 0.1) is 5.92 Å². The molecule has 1 unspecified atom stereocenters. The van der Waals surface area contributed by atoms with Crippen LogP contribution in [0.2, 0.25) is 0 Å². The molecule has 0 aliphatic rings. The average Bonchev–Trinajstić information content (AvgIpc) is 2.50. The van der Waals surface area contributed by atoms with Crippen LogP contribution in [0.15, 0.2) is 12.1 Å². The Labute approximate surface area is 144 Å². The van der Waals surface area contributed by atoms with Crippen molar-refractivity contribution in [2.45, 2.75) is 59.8 Å². The third-order valence-electron chi connectivity index (χ3n) is 3.87. The molecule has 0 aliphatic heterocycles. The highest BCUT2D eigenvalue weighted by Gasteiger charge is 2.22. The number of hydrogen-bond donors (Lipinski definition) is 1. The fraction of sp³-hybridized carbons (Fsp3) is 0.579. The van der Waals surface area contributed by atoms with Crippen molar-refractivity contribution in [3.05, 3.63) is 28.8 Å². The summed E-state index contributed by atoms with van der Waals surface area (Å²) >= 11 is 0. The number of benzene rings is 1. The molecule has 1 aromatic rings. The maximum Gasteiger partial charge on any atom is 0.513 e. The van der Waals surface area contributed by atoms with Crippen LogP contribution >= 0.6 is 0 Å². The first kappa shape index (κ1) is 20.0. The van der Waals surface area contributed by atoms with E-state index in [2.05, 4.69) is 13.8 Å². The van der Waals surface area contributed by atoms with Gasteiger partial charge in [-0.3, -0.25) is 0 Å². The first-order chi connectivity index (χ1) is 11.4. The molecule has 5 nitrogen and oxygen atoms in total. The maximum absolute atomic E-state index is 11.8. The van der Waals surface area contributed by atoms with Gasteiger partial charge in [0.25, 0.3) is 0 Å². The lowest BCUT2D eigenvalue weighted by Crippen LogP contribution is -2.16. The van der Waals surface area contributed by atoms with Crippen LogP contribution in [-0.2, 0) is 17.6 Å². The Bertz CT molecular complexity index is 565. The normalized spacial score (nSPS) is 11.8. The number of ether oxygens (including phenoxy) is 2. The van der Waals surface area contributed by atoms with E-state index in [4.69, 9.17) is 9.47 Å². The van der Waals surface area contributed by atoms with Gasteiger partial charge in [0, 0.05) is 5.56 Å². The summed E-state index contributed by atoms with van der Waals surface area (Å²) in [6, 6.07) is 3.34. The topological polar surface area (TPSA) is 72.8 Å². The van der Waals surface area contributed by atoms with Gasteiger partial charge >= 0.3 is 12.1 Å². The van der Waals surface area contributed by atoms with E-state index in [0.717, 1.165) is 24.8 Å². The number of rotatable bonds is 9. The van der Waals surface area contributed by atoms with Crippen molar-refractivity contribution >= 4 is 12.1 Å². The lowest BCUT2D eigenvalue weighted by Gasteiger charge is -2.19. The monoisotopic (exact) mass is 336 g/mol. The van der Waals surface area contributed by atoms with Crippen molar-refractivity contribution in [2.24, 2.45) is 5.92 Å². The van der Waals surface area contributed by atoms with E-state index >= 15 is 0 Å². The number of carbonyl (C=O) groups excluding carboxylic acids is 1. The minimum absolute atomic E-state index is 0.192. The van der Waals surface area contributed by atoms with Gasteiger partial charge in [0.15, 0.2) is 0 Å². The molecular weight excluding hydrogens is 308 g/mol. The Balaban J connectivity index is 3.35. The standard InChI is InChI=1S/C19H28O5/c1-5-8-13(4)12-16-15(18(20)21)11-10-14(9-6-2)17(16)24-19(22)23-7-3/h10-11,13H,5-9,12H2,1-4H3,(H,20,21). The SMILES string of the molecule is CCCc1ccc(C(=O)O)c(CC(C)CCC)c1OC(=O)OCC. The molecule has 0 radical (unpaired) electrons. The molecule has 0 heterocycles. The summed E-state index contributed by atoms with van der Waals surface area (Å²) < 4.78 is 10.3. The van der Waals surface area contributed by atoms with Crippen LogP contribution in [0.25, 0.3) is 0 Å². The number of aromatic carboxylic acids is 1. The van der Waals surface area contributed by atoms with E-state index in [1.165, 1.54) is 0 Å². The fourth-order valence-electron chi connectivity index (χ4n) is 2.85. The summed E-state index contributed by atoms with van der Waals surface area (Å²) in [6.45, 7) is 8.11. The molecule has 0 amide bonds. The summed E-state index contributed by atoms with van der Waals surface area (Å²) in [7, 11) is 0. The number of hydrogen-bond acceptors (Lipinski definition) is 4. The number of aryl methyl sites for hydroxylation is 1. The Hall–Kier alpha value is -2.04. The van der Waals surface area contributed by atoms with Crippen molar-refractivity contribution in [1.82, 2.24) is 0 Å². The van der Waals surface area contributed by atoms with Gasteiger partial charge in [0.1, 0.15) is 5.75 Å². The van der Waals surface area contributed by atoms with Gasteiger partial charge in [0.05, 0.1) is 12.2 Å². The molecule has 1 N–H and O–H groups in total. The Morgan fingerprint density at radius 1 is 1.17 bits per heavy atom. The van der Waals surface area contributed by atoms with Crippen LogP contribution in [0.4, 0.5) is 4.79 Å². The molecule has 1 rings (SSSR count). The number of carboxylic acid groups (broad SMARTS) is 1. The second-order valence-electron chi connectivity index (χ2n) is 6.02. The lowest BCUT2D eigenvalue weighted by atomic mass is 9.90. The molecule has 0 saturated heterocycles. The Morgan fingerprint density at radius 2 is 1.88 bits per heavy atom. The van der Waals surface area contributed by atoms with Gasteiger partial charge in [-0.1, -0.05) is 46.1 Å². The predicted molar refractivity (Wildman–Crippen MR) is 92.8 cm³/mol.